The number of aromatic nitrogens is 3. The lowest BCUT2D eigenvalue weighted by molar-refractivity contribution is 0.0896. The first-order valence-corrected chi connectivity index (χ1v) is 5.62. The van der Waals surface area contributed by atoms with Crippen molar-refractivity contribution in [3.05, 3.63) is 47.5 Å². The first kappa shape index (κ1) is 12.1. The second-order valence-corrected chi connectivity index (χ2v) is 4.80. The molecule has 2 aromatic rings. The van der Waals surface area contributed by atoms with Crippen molar-refractivity contribution in [2.24, 2.45) is 0 Å². The van der Waals surface area contributed by atoms with Crippen LogP contribution < -0.4 is 0 Å². The lowest BCUT2D eigenvalue weighted by Gasteiger charge is -2.20. The molecule has 1 unspecified atom stereocenters. The molecule has 0 saturated carbocycles. The second-order valence-electron chi connectivity index (χ2n) is 3.63. The van der Waals surface area contributed by atoms with E-state index in [0.717, 1.165) is 0 Å². The summed E-state index contributed by atoms with van der Waals surface area (Å²) in [6, 6.07) is 6.54. The van der Waals surface area contributed by atoms with Crippen LogP contribution in [0.3, 0.4) is 0 Å². The third kappa shape index (κ3) is 2.33. The molecule has 0 bridgehead atoms. The maximum atomic E-state index is 12.2. The zero-order valence-electron chi connectivity index (χ0n) is 8.97. The fourth-order valence-corrected chi connectivity index (χ4v) is 1.72. The van der Waals surface area contributed by atoms with Crippen molar-refractivity contribution in [1.29, 1.82) is 0 Å². The zero-order valence-corrected chi connectivity index (χ0v) is 10.5. The van der Waals surface area contributed by atoms with Crippen LogP contribution >= 0.6 is 23.2 Å². The van der Waals surface area contributed by atoms with Gasteiger partial charge in [-0.15, -0.1) is 0 Å². The lowest BCUT2D eigenvalue weighted by atomic mass is 10.1. The minimum Gasteiger partial charge on any atom is -0.290 e. The lowest BCUT2D eigenvalue weighted by Crippen LogP contribution is -2.33. The van der Waals surface area contributed by atoms with E-state index in [4.69, 9.17) is 23.2 Å². The van der Waals surface area contributed by atoms with Crippen LogP contribution in [0.4, 0.5) is 0 Å². The van der Waals surface area contributed by atoms with E-state index < -0.39 is 5.00 Å². The van der Waals surface area contributed by atoms with E-state index in [0.29, 0.717) is 10.6 Å². The molecule has 1 atom stereocenters. The number of ketones is 1. The maximum Gasteiger partial charge on any atom is 0.205 e. The first-order valence-electron chi connectivity index (χ1n) is 4.86. The summed E-state index contributed by atoms with van der Waals surface area (Å²) in [5.41, 5.74) is 0.474. The standard InChI is InChI=1S/C11H9Cl2N3O/c1-11(13,16-7-14-6-15-16)10(17)8-2-4-9(12)5-3-8/h2-7H,1H3. The van der Waals surface area contributed by atoms with Gasteiger partial charge in [0.25, 0.3) is 0 Å². The van der Waals surface area contributed by atoms with Crippen LogP contribution in [0.1, 0.15) is 17.3 Å². The van der Waals surface area contributed by atoms with Crippen LogP contribution in [0.2, 0.25) is 5.02 Å². The normalized spacial score (nSPS) is 14.3. The van der Waals surface area contributed by atoms with Gasteiger partial charge in [-0.05, 0) is 31.2 Å². The Hall–Kier alpha value is -1.39. The Labute approximate surface area is 108 Å². The highest BCUT2D eigenvalue weighted by Crippen LogP contribution is 2.25. The van der Waals surface area contributed by atoms with Crippen molar-refractivity contribution in [1.82, 2.24) is 14.8 Å². The quantitative estimate of drug-likeness (QED) is 0.636. The highest BCUT2D eigenvalue weighted by Gasteiger charge is 2.34. The summed E-state index contributed by atoms with van der Waals surface area (Å²) in [4.78, 5) is 14.7. The highest BCUT2D eigenvalue weighted by molar-refractivity contribution is 6.35. The predicted molar refractivity (Wildman–Crippen MR) is 65.3 cm³/mol. The fourth-order valence-electron chi connectivity index (χ4n) is 1.39. The predicted octanol–water partition coefficient (Wildman–Crippen LogP) is 2.73. The highest BCUT2D eigenvalue weighted by atomic mass is 35.5. The Morgan fingerprint density at radius 3 is 2.53 bits per heavy atom. The number of rotatable bonds is 3. The summed E-state index contributed by atoms with van der Waals surface area (Å²) in [5, 5.41) is 4.45. The molecule has 0 N–H and O–H groups in total. The molecule has 88 valence electrons. The van der Waals surface area contributed by atoms with Gasteiger partial charge in [0.05, 0.1) is 0 Å². The van der Waals surface area contributed by atoms with Crippen molar-refractivity contribution in [3.63, 3.8) is 0 Å². The van der Waals surface area contributed by atoms with Gasteiger partial charge in [0, 0.05) is 10.6 Å². The van der Waals surface area contributed by atoms with Crippen LogP contribution in [0.5, 0.6) is 0 Å². The van der Waals surface area contributed by atoms with E-state index in [1.165, 1.54) is 17.3 Å². The number of alkyl halides is 1. The van der Waals surface area contributed by atoms with Crippen molar-refractivity contribution in [2.75, 3.05) is 0 Å². The molecule has 1 heterocycles. The number of carbonyl (C=O) groups excluding carboxylic acids is 1. The summed E-state index contributed by atoms with van der Waals surface area (Å²) in [5.74, 6) is -0.263. The van der Waals surface area contributed by atoms with Crippen molar-refractivity contribution < 1.29 is 4.79 Å². The summed E-state index contributed by atoms with van der Waals surface area (Å²) >= 11 is 12.0. The molecule has 17 heavy (non-hydrogen) atoms. The molecule has 0 amide bonds. The van der Waals surface area contributed by atoms with Gasteiger partial charge in [-0.2, -0.15) is 5.10 Å². The molecule has 1 aromatic carbocycles. The number of nitrogens with zero attached hydrogens (tertiary/aromatic N) is 3. The summed E-state index contributed by atoms with van der Waals surface area (Å²) in [6.07, 6.45) is 2.73. The van der Waals surface area contributed by atoms with Gasteiger partial charge >= 0.3 is 0 Å². The van der Waals surface area contributed by atoms with Gasteiger partial charge in [0.1, 0.15) is 12.7 Å². The SMILES string of the molecule is CC(Cl)(C(=O)c1ccc(Cl)cc1)n1cncn1. The van der Waals surface area contributed by atoms with Crippen molar-refractivity contribution in [2.45, 2.75) is 11.9 Å². The summed E-state index contributed by atoms with van der Waals surface area (Å²) in [6.45, 7) is 1.57. The van der Waals surface area contributed by atoms with E-state index in [1.54, 1.807) is 31.2 Å². The molecule has 0 aliphatic carbocycles. The topological polar surface area (TPSA) is 47.8 Å². The molecule has 6 heteroatoms. The Kier molecular flexibility index (Phi) is 3.17. The third-order valence-corrected chi connectivity index (χ3v) is 2.97. The van der Waals surface area contributed by atoms with E-state index in [9.17, 15) is 4.79 Å². The Bertz CT molecular complexity index is 520. The smallest absolute Gasteiger partial charge is 0.205 e. The minimum absolute atomic E-state index is 0.263. The van der Waals surface area contributed by atoms with E-state index >= 15 is 0 Å². The third-order valence-electron chi connectivity index (χ3n) is 2.37. The fraction of sp³-hybridized carbons (Fsp3) is 0.182. The van der Waals surface area contributed by atoms with Gasteiger partial charge in [0.15, 0.2) is 5.00 Å². The summed E-state index contributed by atoms with van der Waals surface area (Å²) in [7, 11) is 0. The number of benzene rings is 1. The van der Waals surface area contributed by atoms with Crippen LogP contribution in [0.15, 0.2) is 36.9 Å². The van der Waals surface area contributed by atoms with E-state index in [-0.39, 0.29) is 5.78 Å². The largest absolute Gasteiger partial charge is 0.290 e. The van der Waals surface area contributed by atoms with Gasteiger partial charge < -0.3 is 0 Å². The van der Waals surface area contributed by atoms with Gasteiger partial charge in [-0.1, -0.05) is 23.2 Å². The number of hydrogen-bond donors (Lipinski definition) is 0. The number of carbonyl (C=O) groups is 1. The van der Waals surface area contributed by atoms with Gasteiger partial charge in [0.2, 0.25) is 5.78 Å². The van der Waals surface area contributed by atoms with Crippen molar-refractivity contribution in [3.8, 4) is 0 Å². The second kappa shape index (κ2) is 4.47. The van der Waals surface area contributed by atoms with E-state index in [2.05, 4.69) is 10.1 Å². The van der Waals surface area contributed by atoms with Crippen LogP contribution in [0.25, 0.3) is 0 Å². The molecule has 1 aromatic heterocycles. The van der Waals surface area contributed by atoms with Gasteiger partial charge in [-0.25, -0.2) is 9.67 Å². The Morgan fingerprint density at radius 2 is 2.00 bits per heavy atom. The molecule has 0 aliphatic heterocycles. The molecular formula is C11H9Cl2N3O. The molecule has 2 rings (SSSR count). The number of halogens is 2. The van der Waals surface area contributed by atoms with Crippen LogP contribution in [0, 0.1) is 0 Å². The minimum atomic E-state index is -1.29. The molecule has 0 spiro atoms. The van der Waals surface area contributed by atoms with Crippen molar-refractivity contribution >= 4 is 29.0 Å². The Balaban J connectivity index is 2.34. The van der Waals surface area contributed by atoms with Gasteiger partial charge in [-0.3, -0.25) is 4.79 Å². The molecular weight excluding hydrogens is 261 g/mol. The maximum absolute atomic E-state index is 12.2. The molecule has 0 saturated heterocycles. The molecule has 4 nitrogen and oxygen atoms in total. The first-order chi connectivity index (χ1) is 8.01. The molecule has 0 fully saturated rings. The average Bonchev–Trinajstić information content (AvgIpc) is 2.83. The average molecular weight is 270 g/mol. The van der Waals surface area contributed by atoms with Crippen LogP contribution in [-0.2, 0) is 5.00 Å². The molecule has 0 radical (unpaired) electrons. The van der Waals surface area contributed by atoms with E-state index in [1.807, 2.05) is 0 Å². The molecule has 0 aliphatic rings. The number of hydrogen-bond acceptors (Lipinski definition) is 3. The Morgan fingerprint density at radius 1 is 1.35 bits per heavy atom. The summed E-state index contributed by atoms with van der Waals surface area (Å²) < 4.78 is 1.31. The van der Waals surface area contributed by atoms with Crippen LogP contribution in [-0.4, -0.2) is 20.5 Å². The number of Topliss-reactive ketones (excluding diaryl/α,β-unsaturated/α-hetero) is 1. The zero-order chi connectivity index (χ0) is 12.5. The monoisotopic (exact) mass is 269 g/mol.